The maximum Gasteiger partial charge on any atom is 0.248 e. The molecule has 5 nitrogen and oxygen atoms in total. The molecule has 132 valence electrons. The number of methoxy groups -OCH3 is 1. The molecule has 0 aliphatic rings. The minimum absolute atomic E-state index is 0.225. The van der Waals surface area contributed by atoms with Gasteiger partial charge in [-0.3, -0.25) is 4.79 Å². The van der Waals surface area contributed by atoms with Crippen molar-refractivity contribution in [3.63, 3.8) is 0 Å². The number of anilines is 2. The average molecular weight is 340 g/mol. The molecule has 0 atom stereocenters. The summed E-state index contributed by atoms with van der Waals surface area (Å²) in [7, 11) is 1.59. The van der Waals surface area contributed by atoms with Crippen molar-refractivity contribution in [2.24, 2.45) is 0 Å². The van der Waals surface area contributed by atoms with Gasteiger partial charge in [-0.05, 0) is 54.8 Å². The Hall–Kier alpha value is -2.95. The molecule has 0 saturated carbocycles. The van der Waals surface area contributed by atoms with Crippen LogP contribution in [0.4, 0.5) is 11.4 Å². The lowest BCUT2D eigenvalue weighted by atomic mass is 10.1. The molecule has 25 heavy (non-hydrogen) atoms. The Kier molecular flexibility index (Phi) is 6.46. The molecule has 0 aromatic heterocycles. The van der Waals surface area contributed by atoms with Gasteiger partial charge in [-0.25, -0.2) is 0 Å². The van der Waals surface area contributed by atoms with E-state index in [9.17, 15) is 4.79 Å². The summed E-state index contributed by atoms with van der Waals surface area (Å²) in [5, 5.41) is 2.80. The zero-order chi connectivity index (χ0) is 18.2. The Balaban J connectivity index is 2.06. The fourth-order valence-electron chi connectivity index (χ4n) is 2.41. The van der Waals surface area contributed by atoms with Crippen LogP contribution in [0.1, 0.15) is 25.0 Å². The second kappa shape index (κ2) is 8.78. The van der Waals surface area contributed by atoms with Crippen molar-refractivity contribution >= 4 is 23.4 Å². The van der Waals surface area contributed by atoms with Crippen molar-refractivity contribution in [3.05, 3.63) is 53.6 Å². The Morgan fingerprint density at radius 2 is 1.96 bits per heavy atom. The number of hydrogen-bond donors (Lipinski definition) is 2. The van der Waals surface area contributed by atoms with Gasteiger partial charge in [-0.1, -0.05) is 19.1 Å². The molecule has 1 amide bonds. The van der Waals surface area contributed by atoms with Crippen LogP contribution < -0.4 is 20.5 Å². The number of rotatable bonds is 7. The summed E-state index contributed by atoms with van der Waals surface area (Å²) >= 11 is 0. The third-order valence-electron chi connectivity index (χ3n) is 3.71. The molecule has 0 spiro atoms. The number of benzene rings is 2. The highest BCUT2D eigenvalue weighted by Crippen LogP contribution is 2.28. The molecule has 3 N–H and O–H groups in total. The topological polar surface area (TPSA) is 73.6 Å². The maximum atomic E-state index is 12.1. The number of carbonyl (C=O) groups is 1. The number of nitrogens with two attached hydrogens (primary N) is 1. The lowest BCUT2D eigenvalue weighted by Crippen LogP contribution is -2.08. The summed E-state index contributed by atoms with van der Waals surface area (Å²) in [6.45, 7) is 4.52. The summed E-state index contributed by atoms with van der Waals surface area (Å²) in [4.78, 5) is 12.1. The Labute approximate surface area is 148 Å². The van der Waals surface area contributed by atoms with Gasteiger partial charge in [0.05, 0.1) is 13.7 Å². The maximum absolute atomic E-state index is 12.1. The molecule has 5 heteroatoms. The van der Waals surface area contributed by atoms with Gasteiger partial charge in [0.2, 0.25) is 5.91 Å². The van der Waals surface area contributed by atoms with Gasteiger partial charge in [0, 0.05) is 17.5 Å². The van der Waals surface area contributed by atoms with Gasteiger partial charge in [0.25, 0.3) is 0 Å². The number of ether oxygens (including phenoxy) is 2. The number of hydrogen-bond acceptors (Lipinski definition) is 4. The molecule has 0 fully saturated rings. The minimum atomic E-state index is -0.225. The lowest BCUT2D eigenvalue weighted by Gasteiger charge is -2.09. The van der Waals surface area contributed by atoms with E-state index in [1.54, 1.807) is 19.3 Å². The normalized spacial score (nSPS) is 10.7. The summed E-state index contributed by atoms with van der Waals surface area (Å²) < 4.78 is 10.8. The monoisotopic (exact) mass is 340 g/mol. The molecule has 0 aliphatic heterocycles. The van der Waals surface area contributed by atoms with E-state index in [0.717, 1.165) is 17.5 Å². The second-order valence-electron chi connectivity index (χ2n) is 5.43. The van der Waals surface area contributed by atoms with Gasteiger partial charge in [-0.15, -0.1) is 0 Å². The van der Waals surface area contributed by atoms with Crippen molar-refractivity contribution in [2.75, 3.05) is 24.8 Å². The highest BCUT2D eigenvalue weighted by molar-refractivity contribution is 6.02. The van der Waals surface area contributed by atoms with Crippen LogP contribution in [0, 0.1) is 0 Å². The summed E-state index contributed by atoms with van der Waals surface area (Å²) in [5.74, 6) is 1.09. The molecular weight excluding hydrogens is 316 g/mol. The Morgan fingerprint density at radius 1 is 1.16 bits per heavy atom. The van der Waals surface area contributed by atoms with Crippen LogP contribution in [0.2, 0.25) is 0 Å². The predicted octanol–water partition coefficient (Wildman–Crippen LogP) is 3.89. The largest absolute Gasteiger partial charge is 0.493 e. The van der Waals surface area contributed by atoms with E-state index in [2.05, 4.69) is 5.32 Å². The van der Waals surface area contributed by atoms with Crippen LogP contribution in [-0.2, 0) is 11.2 Å². The molecule has 2 aromatic carbocycles. The lowest BCUT2D eigenvalue weighted by molar-refractivity contribution is -0.111. The summed E-state index contributed by atoms with van der Waals surface area (Å²) in [6.07, 6.45) is 4.05. The van der Waals surface area contributed by atoms with E-state index in [0.29, 0.717) is 29.5 Å². The van der Waals surface area contributed by atoms with E-state index < -0.39 is 0 Å². The highest BCUT2D eigenvalue weighted by atomic mass is 16.5. The van der Waals surface area contributed by atoms with Crippen LogP contribution in [0.3, 0.4) is 0 Å². The zero-order valence-corrected chi connectivity index (χ0v) is 14.8. The molecule has 2 aromatic rings. The van der Waals surface area contributed by atoms with E-state index in [4.69, 9.17) is 15.2 Å². The highest BCUT2D eigenvalue weighted by Gasteiger charge is 2.05. The molecule has 2 rings (SSSR count). The predicted molar refractivity (Wildman–Crippen MR) is 102 cm³/mol. The fraction of sp³-hybridized carbons (Fsp3) is 0.250. The van der Waals surface area contributed by atoms with Crippen molar-refractivity contribution in [1.29, 1.82) is 0 Å². The standard InChI is InChI=1S/C20H24N2O3/c1-4-15-8-9-16(13-17(15)21)22-20(23)11-7-14-6-10-18(25-5-2)19(12-14)24-3/h6-13H,4-5,21H2,1-3H3,(H,22,23)/b11-7+. The van der Waals surface area contributed by atoms with E-state index in [1.807, 2.05) is 44.2 Å². The smallest absolute Gasteiger partial charge is 0.248 e. The van der Waals surface area contributed by atoms with Gasteiger partial charge in [0.15, 0.2) is 11.5 Å². The molecule has 0 bridgehead atoms. The number of carbonyl (C=O) groups excluding carboxylic acids is 1. The average Bonchev–Trinajstić information content (AvgIpc) is 2.61. The summed E-state index contributed by atoms with van der Waals surface area (Å²) in [6, 6.07) is 11.1. The first kappa shape index (κ1) is 18.4. The van der Waals surface area contributed by atoms with E-state index >= 15 is 0 Å². The minimum Gasteiger partial charge on any atom is -0.493 e. The van der Waals surface area contributed by atoms with Gasteiger partial charge in [-0.2, -0.15) is 0 Å². The third kappa shape index (κ3) is 5.01. The SMILES string of the molecule is CCOc1ccc(/C=C/C(=O)Nc2ccc(CC)c(N)c2)cc1OC. The second-order valence-corrected chi connectivity index (χ2v) is 5.43. The number of aryl methyl sites for hydroxylation is 1. The first-order valence-corrected chi connectivity index (χ1v) is 8.25. The molecule has 0 heterocycles. The zero-order valence-electron chi connectivity index (χ0n) is 14.8. The summed E-state index contributed by atoms with van der Waals surface area (Å²) in [5.41, 5.74) is 9.21. The van der Waals surface area contributed by atoms with Crippen LogP contribution in [0.15, 0.2) is 42.5 Å². The number of amides is 1. The quantitative estimate of drug-likeness (QED) is 0.592. The molecule has 0 radical (unpaired) electrons. The Morgan fingerprint density at radius 3 is 2.60 bits per heavy atom. The molecule has 0 saturated heterocycles. The molecule has 0 aliphatic carbocycles. The van der Waals surface area contributed by atoms with Crippen molar-refractivity contribution < 1.29 is 14.3 Å². The van der Waals surface area contributed by atoms with E-state index in [-0.39, 0.29) is 5.91 Å². The van der Waals surface area contributed by atoms with Crippen molar-refractivity contribution in [3.8, 4) is 11.5 Å². The third-order valence-corrected chi connectivity index (χ3v) is 3.71. The van der Waals surface area contributed by atoms with Gasteiger partial charge < -0.3 is 20.5 Å². The number of nitrogens with one attached hydrogen (secondary N) is 1. The van der Waals surface area contributed by atoms with Crippen LogP contribution in [0.5, 0.6) is 11.5 Å². The molecule has 0 unspecified atom stereocenters. The van der Waals surface area contributed by atoms with Gasteiger partial charge >= 0.3 is 0 Å². The number of nitrogen functional groups attached to an aromatic ring is 1. The van der Waals surface area contributed by atoms with Crippen LogP contribution in [-0.4, -0.2) is 19.6 Å². The van der Waals surface area contributed by atoms with Crippen molar-refractivity contribution in [2.45, 2.75) is 20.3 Å². The Bertz CT molecular complexity index is 770. The van der Waals surface area contributed by atoms with Crippen molar-refractivity contribution in [1.82, 2.24) is 0 Å². The molecular formula is C20H24N2O3. The first-order valence-electron chi connectivity index (χ1n) is 8.25. The van der Waals surface area contributed by atoms with Gasteiger partial charge in [0.1, 0.15) is 0 Å². The van der Waals surface area contributed by atoms with Crippen LogP contribution in [0.25, 0.3) is 6.08 Å². The van der Waals surface area contributed by atoms with E-state index in [1.165, 1.54) is 6.08 Å². The first-order chi connectivity index (χ1) is 12.1. The fourth-order valence-corrected chi connectivity index (χ4v) is 2.41. The van der Waals surface area contributed by atoms with Crippen LogP contribution >= 0.6 is 0 Å².